The lowest BCUT2D eigenvalue weighted by molar-refractivity contribution is 0.0698. The number of guanidine groups is 1. The van der Waals surface area contributed by atoms with Gasteiger partial charge in [-0.3, -0.25) is 0 Å². The van der Waals surface area contributed by atoms with E-state index in [1.165, 1.54) is 0 Å². The van der Waals surface area contributed by atoms with Gasteiger partial charge >= 0.3 is 0 Å². The number of aliphatic imine (C=N–C) groups is 1. The van der Waals surface area contributed by atoms with Gasteiger partial charge in [0, 0.05) is 32.4 Å². The first-order valence-corrected chi connectivity index (χ1v) is 8.55. The van der Waals surface area contributed by atoms with Gasteiger partial charge in [-0.1, -0.05) is 12.1 Å². The van der Waals surface area contributed by atoms with Crippen molar-refractivity contribution in [2.24, 2.45) is 4.99 Å². The number of hydrogen-bond donors (Lipinski definition) is 2. The van der Waals surface area contributed by atoms with Crippen LogP contribution in [0.15, 0.2) is 23.2 Å². The van der Waals surface area contributed by atoms with Crippen molar-refractivity contribution in [2.45, 2.75) is 19.9 Å². The summed E-state index contributed by atoms with van der Waals surface area (Å²) in [6, 6.07) is 5.79. The molecular weight excluding hydrogens is 322 g/mol. The van der Waals surface area contributed by atoms with Gasteiger partial charge in [0.1, 0.15) is 0 Å². The van der Waals surface area contributed by atoms with E-state index in [-0.39, 0.29) is 0 Å². The first kappa shape index (κ1) is 21.1. The lowest BCUT2D eigenvalue weighted by atomic mass is 10.2. The van der Waals surface area contributed by atoms with Crippen molar-refractivity contribution in [3.63, 3.8) is 0 Å². The van der Waals surface area contributed by atoms with Gasteiger partial charge in [0.05, 0.1) is 34.0 Å². The summed E-state index contributed by atoms with van der Waals surface area (Å²) in [4.78, 5) is 4.61. The number of nitrogens with zero attached hydrogens (tertiary/aromatic N) is 1. The molecule has 0 saturated carbocycles. The van der Waals surface area contributed by atoms with E-state index < -0.39 is 0 Å². The molecule has 7 heteroatoms. The van der Waals surface area contributed by atoms with Crippen LogP contribution in [0.25, 0.3) is 0 Å². The molecule has 0 unspecified atom stereocenters. The van der Waals surface area contributed by atoms with Gasteiger partial charge in [0.2, 0.25) is 0 Å². The van der Waals surface area contributed by atoms with Crippen LogP contribution >= 0.6 is 0 Å². The highest BCUT2D eigenvalue weighted by atomic mass is 16.5. The standard InChI is InChI=1S/C18H31N3O4/c1-5-19-18(20-10-7-11-25-13-12-22-2)21-14-15-8-6-9-16(23-3)17(15)24-4/h6,8-9H,5,7,10-14H2,1-4H3,(H2,19,20,21). The van der Waals surface area contributed by atoms with Crippen LogP contribution in [0.3, 0.4) is 0 Å². The third kappa shape index (κ3) is 8.09. The van der Waals surface area contributed by atoms with Crippen molar-refractivity contribution >= 4 is 5.96 Å². The average molecular weight is 353 g/mol. The maximum absolute atomic E-state index is 5.45. The van der Waals surface area contributed by atoms with Crippen molar-refractivity contribution < 1.29 is 18.9 Å². The highest BCUT2D eigenvalue weighted by Crippen LogP contribution is 2.30. The Morgan fingerprint density at radius 2 is 1.88 bits per heavy atom. The number of ether oxygens (including phenoxy) is 4. The van der Waals surface area contributed by atoms with E-state index in [9.17, 15) is 0 Å². The van der Waals surface area contributed by atoms with E-state index in [1.807, 2.05) is 25.1 Å². The smallest absolute Gasteiger partial charge is 0.191 e. The van der Waals surface area contributed by atoms with Gasteiger partial charge in [0.25, 0.3) is 0 Å². The highest BCUT2D eigenvalue weighted by Gasteiger charge is 2.09. The summed E-state index contributed by atoms with van der Waals surface area (Å²) in [5.74, 6) is 2.20. The van der Waals surface area contributed by atoms with Crippen LogP contribution in [0.4, 0.5) is 0 Å². The summed E-state index contributed by atoms with van der Waals surface area (Å²) in [5, 5.41) is 6.54. The topological polar surface area (TPSA) is 73.3 Å². The first-order chi connectivity index (χ1) is 12.3. The van der Waals surface area contributed by atoms with Crippen LogP contribution in [0.2, 0.25) is 0 Å². The quantitative estimate of drug-likeness (QED) is 0.339. The first-order valence-electron chi connectivity index (χ1n) is 8.55. The zero-order chi connectivity index (χ0) is 18.3. The van der Waals surface area contributed by atoms with Gasteiger partial charge in [-0.15, -0.1) is 0 Å². The van der Waals surface area contributed by atoms with Gasteiger partial charge in [0.15, 0.2) is 17.5 Å². The number of para-hydroxylation sites is 1. The zero-order valence-corrected chi connectivity index (χ0v) is 15.8. The second-order valence-electron chi connectivity index (χ2n) is 5.23. The third-order valence-electron chi connectivity index (χ3n) is 3.43. The summed E-state index contributed by atoms with van der Waals surface area (Å²) in [6.45, 7) is 6.07. The molecule has 0 aromatic heterocycles. The molecule has 0 aliphatic heterocycles. The van der Waals surface area contributed by atoms with Crippen molar-refractivity contribution in [1.82, 2.24) is 10.6 Å². The molecular formula is C18H31N3O4. The van der Waals surface area contributed by atoms with Gasteiger partial charge in [-0.05, 0) is 19.4 Å². The lowest BCUT2D eigenvalue weighted by Gasteiger charge is -2.13. The molecule has 1 aromatic rings. The Hall–Kier alpha value is -1.99. The van der Waals surface area contributed by atoms with E-state index in [0.29, 0.717) is 32.1 Å². The second kappa shape index (κ2) is 13.3. The Kier molecular flexibility index (Phi) is 11.2. The Labute approximate surface area is 150 Å². The summed E-state index contributed by atoms with van der Waals surface area (Å²) in [7, 11) is 4.94. The third-order valence-corrected chi connectivity index (χ3v) is 3.43. The molecule has 0 radical (unpaired) electrons. The van der Waals surface area contributed by atoms with E-state index >= 15 is 0 Å². The minimum atomic E-state index is 0.500. The highest BCUT2D eigenvalue weighted by molar-refractivity contribution is 5.79. The molecule has 1 aromatic carbocycles. The predicted molar refractivity (Wildman–Crippen MR) is 99.7 cm³/mol. The molecule has 0 bridgehead atoms. The molecule has 1 rings (SSSR count). The minimum absolute atomic E-state index is 0.500. The van der Waals surface area contributed by atoms with Gasteiger partial charge in [-0.25, -0.2) is 4.99 Å². The molecule has 25 heavy (non-hydrogen) atoms. The van der Waals surface area contributed by atoms with Crippen LogP contribution in [0.1, 0.15) is 18.9 Å². The van der Waals surface area contributed by atoms with Crippen molar-refractivity contribution in [3.8, 4) is 11.5 Å². The fourth-order valence-corrected chi connectivity index (χ4v) is 2.21. The number of benzene rings is 1. The lowest BCUT2D eigenvalue weighted by Crippen LogP contribution is -2.38. The Morgan fingerprint density at radius 1 is 1.04 bits per heavy atom. The van der Waals surface area contributed by atoms with Crippen molar-refractivity contribution in [3.05, 3.63) is 23.8 Å². The summed E-state index contributed by atoms with van der Waals surface area (Å²) >= 11 is 0. The molecule has 0 atom stereocenters. The normalized spacial score (nSPS) is 11.3. The molecule has 0 aliphatic rings. The summed E-state index contributed by atoms with van der Waals surface area (Å²) in [6.07, 6.45) is 0.899. The molecule has 0 saturated heterocycles. The summed E-state index contributed by atoms with van der Waals surface area (Å²) < 4.78 is 21.2. The van der Waals surface area contributed by atoms with Gasteiger partial charge < -0.3 is 29.6 Å². The molecule has 2 N–H and O–H groups in total. The number of hydrogen-bond acceptors (Lipinski definition) is 5. The van der Waals surface area contributed by atoms with Crippen LogP contribution in [0.5, 0.6) is 11.5 Å². The molecule has 7 nitrogen and oxygen atoms in total. The fraction of sp³-hybridized carbons (Fsp3) is 0.611. The monoisotopic (exact) mass is 353 g/mol. The molecule has 0 spiro atoms. The second-order valence-corrected chi connectivity index (χ2v) is 5.23. The largest absolute Gasteiger partial charge is 0.493 e. The van der Waals surface area contributed by atoms with E-state index in [4.69, 9.17) is 18.9 Å². The van der Waals surface area contributed by atoms with E-state index in [2.05, 4.69) is 15.6 Å². The van der Waals surface area contributed by atoms with Crippen LogP contribution in [0, 0.1) is 0 Å². The number of rotatable bonds is 12. The molecule has 0 fully saturated rings. The number of nitrogens with one attached hydrogen (secondary N) is 2. The Morgan fingerprint density at radius 3 is 2.56 bits per heavy atom. The molecule has 0 aliphatic carbocycles. The van der Waals surface area contributed by atoms with Gasteiger partial charge in [-0.2, -0.15) is 0 Å². The maximum atomic E-state index is 5.45. The molecule has 0 amide bonds. The molecule has 142 valence electrons. The fourth-order valence-electron chi connectivity index (χ4n) is 2.21. The minimum Gasteiger partial charge on any atom is -0.493 e. The van der Waals surface area contributed by atoms with Crippen molar-refractivity contribution in [2.75, 3.05) is 54.2 Å². The van der Waals surface area contributed by atoms with Crippen LogP contribution in [-0.2, 0) is 16.0 Å². The van der Waals surface area contributed by atoms with Crippen LogP contribution in [-0.4, -0.2) is 60.2 Å². The van der Waals surface area contributed by atoms with E-state index in [0.717, 1.165) is 36.8 Å². The van der Waals surface area contributed by atoms with Crippen molar-refractivity contribution in [1.29, 1.82) is 0 Å². The van der Waals surface area contributed by atoms with E-state index in [1.54, 1.807) is 21.3 Å². The van der Waals surface area contributed by atoms with Crippen LogP contribution < -0.4 is 20.1 Å². The SMILES string of the molecule is CCNC(=NCc1cccc(OC)c1OC)NCCCOCCOC. The average Bonchev–Trinajstić information content (AvgIpc) is 2.64. The predicted octanol–water partition coefficient (Wildman–Crippen LogP) is 1.81. The maximum Gasteiger partial charge on any atom is 0.191 e. The zero-order valence-electron chi connectivity index (χ0n) is 15.8. The Balaban J connectivity index is 2.52. The number of methoxy groups -OCH3 is 3. The molecule has 0 heterocycles. The summed E-state index contributed by atoms with van der Waals surface area (Å²) in [5.41, 5.74) is 0.974. The Bertz CT molecular complexity index is 509.